The van der Waals surface area contributed by atoms with E-state index in [0.29, 0.717) is 48.9 Å². The van der Waals surface area contributed by atoms with Crippen molar-refractivity contribution in [2.24, 2.45) is 0 Å². The van der Waals surface area contributed by atoms with Crippen molar-refractivity contribution >= 4 is 0 Å². The van der Waals surface area contributed by atoms with Crippen LogP contribution in [-0.4, -0.2) is 32.8 Å². The molecule has 0 aliphatic carbocycles. The molecule has 0 bridgehead atoms. The number of halogens is 3. The number of pyridine rings is 1. The average molecular weight is 468 g/mol. The highest BCUT2D eigenvalue weighted by Crippen LogP contribution is 2.32. The number of hydrogen-bond donors (Lipinski definition) is 1. The number of fused-ring (bicyclic) bond motifs is 1. The summed E-state index contributed by atoms with van der Waals surface area (Å²) in [6.07, 6.45) is -1.03. The third-order valence-corrected chi connectivity index (χ3v) is 5.52. The van der Waals surface area contributed by atoms with Gasteiger partial charge in [-0.1, -0.05) is 18.2 Å². The Balaban J connectivity index is 1.30. The van der Waals surface area contributed by atoms with Crippen molar-refractivity contribution < 1.29 is 22.3 Å². The minimum absolute atomic E-state index is 0.198. The maximum absolute atomic E-state index is 12.7. The second-order valence-corrected chi connectivity index (χ2v) is 7.87. The summed E-state index contributed by atoms with van der Waals surface area (Å²) >= 11 is 0. The van der Waals surface area contributed by atoms with Gasteiger partial charge in [0, 0.05) is 37.8 Å². The van der Waals surface area contributed by atoms with E-state index in [4.69, 9.17) is 4.42 Å². The number of benzene rings is 1. The number of nitrogens with zero attached hydrogens (tertiary/aromatic N) is 3. The fourth-order valence-corrected chi connectivity index (χ4v) is 3.97. The number of H-pyrrole nitrogens is 1. The molecule has 1 N–H and O–H groups in total. The van der Waals surface area contributed by atoms with Gasteiger partial charge in [0.2, 0.25) is 0 Å². The number of para-hydroxylation sites is 1. The molecule has 0 radical (unpaired) electrons. The number of ether oxygens (including phenoxy) is 1. The molecule has 0 unspecified atom stereocenters. The molecule has 1 aromatic carbocycles. The highest BCUT2D eigenvalue weighted by molar-refractivity contribution is 5.67. The summed E-state index contributed by atoms with van der Waals surface area (Å²) in [5.74, 6) is 0.621. The molecule has 3 aromatic heterocycles. The highest BCUT2D eigenvalue weighted by Gasteiger charge is 2.32. The van der Waals surface area contributed by atoms with E-state index in [1.165, 1.54) is 24.5 Å². The van der Waals surface area contributed by atoms with Gasteiger partial charge in [-0.05, 0) is 35.9 Å². The van der Waals surface area contributed by atoms with Crippen LogP contribution in [0.4, 0.5) is 13.2 Å². The second kappa shape index (κ2) is 8.79. The SMILES string of the molecule is O=c1[nH]c(-c2ccco2)nc2c1CN(Cc1ccc(-c3ccccc3OC(F)(F)F)nc1)CC2. The van der Waals surface area contributed by atoms with Crippen LogP contribution in [0.1, 0.15) is 16.8 Å². The van der Waals surface area contributed by atoms with Crippen LogP contribution in [0.15, 0.2) is 70.2 Å². The zero-order valence-corrected chi connectivity index (χ0v) is 17.8. The van der Waals surface area contributed by atoms with Gasteiger partial charge in [-0.3, -0.25) is 14.7 Å². The minimum atomic E-state index is -4.79. The van der Waals surface area contributed by atoms with E-state index >= 15 is 0 Å². The molecule has 0 saturated carbocycles. The number of aromatic amines is 1. The van der Waals surface area contributed by atoms with Gasteiger partial charge in [-0.2, -0.15) is 0 Å². The molecule has 34 heavy (non-hydrogen) atoms. The van der Waals surface area contributed by atoms with Crippen LogP contribution in [0.3, 0.4) is 0 Å². The van der Waals surface area contributed by atoms with Crippen molar-refractivity contribution in [3.05, 3.63) is 88.2 Å². The van der Waals surface area contributed by atoms with E-state index in [0.717, 1.165) is 11.3 Å². The van der Waals surface area contributed by atoms with Gasteiger partial charge in [0.15, 0.2) is 11.6 Å². The van der Waals surface area contributed by atoms with Crippen molar-refractivity contribution in [3.63, 3.8) is 0 Å². The van der Waals surface area contributed by atoms with Crippen LogP contribution in [0.25, 0.3) is 22.8 Å². The zero-order valence-electron chi connectivity index (χ0n) is 17.8. The topological polar surface area (TPSA) is 84.2 Å². The molecule has 4 heterocycles. The lowest BCUT2D eigenvalue weighted by Gasteiger charge is -2.27. The molecule has 7 nitrogen and oxygen atoms in total. The monoisotopic (exact) mass is 468 g/mol. The van der Waals surface area contributed by atoms with Crippen LogP contribution in [0, 0.1) is 0 Å². The molecule has 10 heteroatoms. The summed E-state index contributed by atoms with van der Waals surface area (Å²) in [6.45, 7) is 1.66. The normalized spacial score (nSPS) is 14.1. The molecule has 0 amide bonds. The fourth-order valence-electron chi connectivity index (χ4n) is 3.97. The number of furan rings is 1. The summed E-state index contributed by atoms with van der Waals surface area (Å²) in [7, 11) is 0. The van der Waals surface area contributed by atoms with E-state index in [9.17, 15) is 18.0 Å². The predicted molar refractivity (Wildman–Crippen MR) is 117 cm³/mol. The van der Waals surface area contributed by atoms with Gasteiger partial charge in [0.25, 0.3) is 5.56 Å². The van der Waals surface area contributed by atoms with Crippen LogP contribution in [-0.2, 0) is 19.5 Å². The van der Waals surface area contributed by atoms with E-state index in [2.05, 4.69) is 24.6 Å². The smallest absolute Gasteiger partial charge is 0.461 e. The van der Waals surface area contributed by atoms with Crippen LogP contribution >= 0.6 is 0 Å². The van der Waals surface area contributed by atoms with Gasteiger partial charge in [0.05, 0.1) is 23.2 Å². The lowest BCUT2D eigenvalue weighted by atomic mass is 10.1. The van der Waals surface area contributed by atoms with Gasteiger partial charge in [0.1, 0.15) is 5.75 Å². The summed E-state index contributed by atoms with van der Waals surface area (Å²) in [5, 5.41) is 0. The van der Waals surface area contributed by atoms with Crippen molar-refractivity contribution in [2.45, 2.75) is 25.9 Å². The highest BCUT2D eigenvalue weighted by atomic mass is 19.4. The Hall–Kier alpha value is -3.92. The quantitative estimate of drug-likeness (QED) is 0.463. The van der Waals surface area contributed by atoms with Gasteiger partial charge in [-0.15, -0.1) is 13.2 Å². The first kappa shape index (κ1) is 21.9. The van der Waals surface area contributed by atoms with Crippen molar-refractivity contribution in [1.29, 1.82) is 0 Å². The third kappa shape index (κ3) is 4.72. The Morgan fingerprint density at radius 1 is 1.12 bits per heavy atom. The lowest BCUT2D eigenvalue weighted by molar-refractivity contribution is -0.274. The fraction of sp³-hybridized carbons (Fsp3) is 0.208. The van der Waals surface area contributed by atoms with Crippen LogP contribution < -0.4 is 10.3 Å². The lowest BCUT2D eigenvalue weighted by Crippen LogP contribution is -2.35. The maximum atomic E-state index is 12.7. The summed E-state index contributed by atoms with van der Waals surface area (Å²) < 4.78 is 47.6. The van der Waals surface area contributed by atoms with E-state index in [-0.39, 0.29) is 16.9 Å². The van der Waals surface area contributed by atoms with Gasteiger partial charge >= 0.3 is 6.36 Å². The third-order valence-electron chi connectivity index (χ3n) is 5.52. The standard InChI is InChI=1S/C24H19F3N4O3/c25-24(26,27)34-20-5-2-1-4-16(20)18-8-7-15(12-28-18)13-31-10-9-19-17(14-31)23(32)30-22(29-19)21-6-3-11-33-21/h1-8,11-12H,9-10,13-14H2,(H,29,30,32). The van der Waals surface area contributed by atoms with Crippen molar-refractivity contribution in [3.8, 4) is 28.6 Å². The second-order valence-electron chi connectivity index (χ2n) is 7.87. The van der Waals surface area contributed by atoms with Crippen LogP contribution in [0.2, 0.25) is 0 Å². The summed E-state index contributed by atoms with van der Waals surface area (Å²) in [5.41, 5.74) is 2.67. The first-order valence-electron chi connectivity index (χ1n) is 10.5. The minimum Gasteiger partial charge on any atom is -0.461 e. The molecule has 0 fully saturated rings. The number of hydrogen-bond acceptors (Lipinski definition) is 6. The average Bonchev–Trinajstić information content (AvgIpc) is 3.34. The summed E-state index contributed by atoms with van der Waals surface area (Å²) in [4.78, 5) is 26.4. The molecule has 4 aromatic rings. The molecule has 0 saturated heterocycles. The molecule has 5 rings (SSSR count). The first-order chi connectivity index (χ1) is 16.4. The largest absolute Gasteiger partial charge is 0.573 e. The number of nitrogens with one attached hydrogen (secondary N) is 1. The number of rotatable bonds is 5. The Bertz CT molecular complexity index is 1350. The molecule has 174 valence electrons. The maximum Gasteiger partial charge on any atom is 0.573 e. The summed E-state index contributed by atoms with van der Waals surface area (Å²) in [6, 6.07) is 12.8. The number of aromatic nitrogens is 3. The Morgan fingerprint density at radius 2 is 1.97 bits per heavy atom. The molecular weight excluding hydrogens is 449 g/mol. The van der Waals surface area contributed by atoms with E-state index in [1.54, 1.807) is 30.5 Å². The van der Waals surface area contributed by atoms with E-state index in [1.807, 2.05) is 6.07 Å². The van der Waals surface area contributed by atoms with Gasteiger partial charge < -0.3 is 14.1 Å². The molecule has 0 atom stereocenters. The van der Waals surface area contributed by atoms with Crippen molar-refractivity contribution in [1.82, 2.24) is 19.9 Å². The molecular formula is C24H19F3N4O3. The first-order valence-corrected chi connectivity index (χ1v) is 10.5. The molecule has 1 aliphatic heterocycles. The van der Waals surface area contributed by atoms with Crippen LogP contribution in [0.5, 0.6) is 5.75 Å². The van der Waals surface area contributed by atoms with Gasteiger partial charge in [-0.25, -0.2) is 4.98 Å². The predicted octanol–water partition coefficient (Wildman–Crippen LogP) is 4.55. The molecule has 1 aliphatic rings. The Morgan fingerprint density at radius 3 is 2.71 bits per heavy atom. The van der Waals surface area contributed by atoms with Crippen molar-refractivity contribution in [2.75, 3.05) is 6.54 Å². The number of alkyl halides is 3. The zero-order chi connectivity index (χ0) is 23.7. The molecule has 0 spiro atoms. The Kier molecular flexibility index (Phi) is 5.66. The Labute approximate surface area is 191 Å². The van der Waals surface area contributed by atoms with E-state index < -0.39 is 6.36 Å².